The third-order valence-electron chi connectivity index (χ3n) is 3.77. The zero-order valence-corrected chi connectivity index (χ0v) is 13.4. The number of nitrogens with one attached hydrogen (secondary N) is 1. The van der Waals surface area contributed by atoms with Crippen molar-refractivity contribution in [3.05, 3.63) is 35.9 Å². The molecule has 2 atom stereocenters. The van der Waals surface area contributed by atoms with E-state index >= 15 is 0 Å². The van der Waals surface area contributed by atoms with Crippen LogP contribution in [-0.4, -0.2) is 42.0 Å². The average molecular weight is 304 g/mol. The van der Waals surface area contributed by atoms with Gasteiger partial charge < -0.3 is 15.0 Å². The van der Waals surface area contributed by atoms with Gasteiger partial charge in [-0.15, -0.1) is 0 Å². The van der Waals surface area contributed by atoms with Crippen molar-refractivity contribution in [1.82, 2.24) is 10.2 Å². The van der Waals surface area contributed by atoms with Crippen LogP contribution in [0.3, 0.4) is 0 Å². The third-order valence-corrected chi connectivity index (χ3v) is 3.77. The fourth-order valence-corrected chi connectivity index (χ4v) is 2.79. The molecular formula is C17H24N2O3. The van der Waals surface area contributed by atoms with Crippen LogP contribution in [0.1, 0.15) is 38.8 Å². The van der Waals surface area contributed by atoms with Gasteiger partial charge in [0.25, 0.3) is 5.91 Å². The van der Waals surface area contributed by atoms with Crippen molar-refractivity contribution >= 4 is 11.8 Å². The van der Waals surface area contributed by atoms with Gasteiger partial charge in [0.15, 0.2) is 6.10 Å². The molecule has 1 heterocycles. The Morgan fingerprint density at radius 2 is 2.05 bits per heavy atom. The van der Waals surface area contributed by atoms with Gasteiger partial charge in [-0.3, -0.25) is 9.59 Å². The van der Waals surface area contributed by atoms with E-state index in [2.05, 4.69) is 5.32 Å². The Hall–Kier alpha value is -1.88. The van der Waals surface area contributed by atoms with E-state index in [9.17, 15) is 9.59 Å². The van der Waals surface area contributed by atoms with Gasteiger partial charge in [0.1, 0.15) is 6.61 Å². The second-order valence-corrected chi connectivity index (χ2v) is 5.77. The first-order valence-corrected chi connectivity index (χ1v) is 7.81. The minimum absolute atomic E-state index is 0.00285. The van der Waals surface area contributed by atoms with E-state index in [1.807, 2.05) is 51.1 Å². The molecule has 5 nitrogen and oxygen atoms in total. The van der Waals surface area contributed by atoms with Gasteiger partial charge in [0, 0.05) is 12.6 Å². The molecule has 1 aliphatic heterocycles. The minimum atomic E-state index is -0.672. The van der Waals surface area contributed by atoms with Crippen molar-refractivity contribution in [2.45, 2.75) is 45.4 Å². The summed E-state index contributed by atoms with van der Waals surface area (Å²) < 4.78 is 5.59. The average Bonchev–Trinajstić information content (AvgIpc) is 2.52. The number of morpholine rings is 1. The normalized spacial score (nSPS) is 22.0. The molecule has 2 rings (SSSR count). The Kier molecular flexibility index (Phi) is 5.55. The summed E-state index contributed by atoms with van der Waals surface area (Å²) in [6.45, 7) is 6.47. The smallest absolute Gasteiger partial charge is 0.251 e. The first-order valence-electron chi connectivity index (χ1n) is 7.81. The highest BCUT2D eigenvalue weighted by atomic mass is 16.5. The summed E-state index contributed by atoms with van der Waals surface area (Å²) in [5.74, 6) is -0.239. The quantitative estimate of drug-likeness (QED) is 0.904. The molecule has 22 heavy (non-hydrogen) atoms. The van der Waals surface area contributed by atoms with Gasteiger partial charge in [-0.25, -0.2) is 0 Å². The zero-order chi connectivity index (χ0) is 16.1. The molecule has 1 aliphatic rings. The molecule has 2 amide bonds. The Morgan fingerprint density at radius 3 is 2.64 bits per heavy atom. The van der Waals surface area contributed by atoms with Crippen LogP contribution in [0.4, 0.5) is 0 Å². The van der Waals surface area contributed by atoms with Crippen molar-refractivity contribution in [2.75, 3.05) is 13.2 Å². The van der Waals surface area contributed by atoms with Crippen LogP contribution in [0.2, 0.25) is 0 Å². The second-order valence-electron chi connectivity index (χ2n) is 5.77. The SMILES string of the molecule is CCCNC(=O)[C@H]1OCC(=O)N(C(C)C)[C@@H]1c1ccccc1. The topological polar surface area (TPSA) is 58.6 Å². The van der Waals surface area contributed by atoms with Crippen LogP contribution < -0.4 is 5.32 Å². The van der Waals surface area contributed by atoms with Gasteiger partial charge in [-0.2, -0.15) is 0 Å². The molecule has 1 aromatic rings. The molecule has 1 saturated heterocycles. The van der Waals surface area contributed by atoms with Crippen molar-refractivity contribution in [3.63, 3.8) is 0 Å². The molecule has 5 heteroatoms. The number of nitrogens with zero attached hydrogens (tertiary/aromatic N) is 1. The van der Waals surface area contributed by atoms with Gasteiger partial charge in [-0.05, 0) is 25.8 Å². The fraction of sp³-hybridized carbons (Fsp3) is 0.529. The summed E-state index contributed by atoms with van der Waals surface area (Å²) in [6.07, 6.45) is 0.190. The monoisotopic (exact) mass is 304 g/mol. The third kappa shape index (κ3) is 3.47. The standard InChI is InChI=1S/C17H24N2O3/c1-4-10-18-17(21)16-15(13-8-6-5-7-9-13)19(12(2)3)14(20)11-22-16/h5-9,12,15-16H,4,10-11H2,1-3H3,(H,18,21)/t15-,16+/m1/s1. The Morgan fingerprint density at radius 1 is 1.36 bits per heavy atom. The van der Waals surface area contributed by atoms with Crippen LogP contribution in [0.15, 0.2) is 30.3 Å². The van der Waals surface area contributed by atoms with Gasteiger partial charge in [0.05, 0.1) is 6.04 Å². The molecule has 0 spiro atoms. The number of hydrogen-bond donors (Lipinski definition) is 1. The Balaban J connectivity index is 2.34. The van der Waals surface area contributed by atoms with Crippen molar-refractivity contribution in [3.8, 4) is 0 Å². The van der Waals surface area contributed by atoms with Crippen LogP contribution in [-0.2, 0) is 14.3 Å². The maximum absolute atomic E-state index is 12.4. The van der Waals surface area contributed by atoms with Crippen LogP contribution in [0.5, 0.6) is 0 Å². The first kappa shape index (κ1) is 16.5. The lowest BCUT2D eigenvalue weighted by atomic mass is 9.96. The van der Waals surface area contributed by atoms with Crippen molar-refractivity contribution in [2.24, 2.45) is 0 Å². The van der Waals surface area contributed by atoms with Crippen LogP contribution in [0, 0.1) is 0 Å². The zero-order valence-electron chi connectivity index (χ0n) is 13.4. The number of benzene rings is 1. The molecular weight excluding hydrogens is 280 g/mol. The second kappa shape index (κ2) is 7.40. The van der Waals surface area contributed by atoms with Gasteiger partial charge in [0.2, 0.25) is 5.91 Å². The summed E-state index contributed by atoms with van der Waals surface area (Å²) in [6, 6.07) is 9.22. The lowest BCUT2D eigenvalue weighted by Crippen LogP contribution is -2.56. The van der Waals surface area contributed by atoms with Gasteiger partial charge >= 0.3 is 0 Å². The lowest BCUT2D eigenvalue weighted by Gasteiger charge is -2.42. The molecule has 0 bridgehead atoms. The molecule has 0 aliphatic carbocycles. The minimum Gasteiger partial charge on any atom is -0.356 e. The Labute approximate surface area is 131 Å². The van der Waals surface area contributed by atoms with Crippen LogP contribution >= 0.6 is 0 Å². The number of hydrogen-bond acceptors (Lipinski definition) is 3. The number of carbonyl (C=O) groups is 2. The number of carbonyl (C=O) groups excluding carboxylic acids is 2. The molecule has 120 valence electrons. The maximum Gasteiger partial charge on any atom is 0.251 e. The predicted molar refractivity (Wildman–Crippen MR) is 84.2 cm³/mol. The fourth-order valence-electron chi connectivity index (χ4n) is 2.79. The molecule has 1 N–H and O–H groups in total. The number of ether oxygens (including phenoxy) is 1. The highest BCUT2D eigenvalue weighted by molar-refractivity contribution is 5.86. The summed E-state index contributed by atoms with van der Waals surface area (Å²) in [4.78, 5) is 26.5. The van der Waals surface area contributed by atoms with Gasteiger partial charge in [-0.1, -0.05) is 37.3 Å². The summed E-state index contributed by atoms with van der Waals surface area (Å²) in [5, 5.41) is 2.87. The van der Waals surface area contributed by atoms with E-state index in [4.69, 9.17) is 4.74 Å². The molecule has 1 fully saturated rings. The van der Waals surface area contributed by atoms with Crippen molar-refractivity contribution in [1.29, 1.82) is 0 Å². The van der Waals surface area contributed by atoms with E-state index in [1.54, 1.807) is 4.90 Å². The number of amides is 2. The van der Waals surface area contributed by atoms with E-state index in [1.165, 1.54) is 0 Å². The lowest BCUT2D eigenvalue weighted by molar-refractivity contribution is -0.167. The maximum atomic E-state index is 12.4. The summed E-state index contributed by atoms with van der Waals surface area (Å²) >= 11 is 0. The summed E-state index contributed by atoms with van der Waals surface area (Å²) in [7, 11) is 0. The highest BCUT2D eigenvalue weighted by Crippen LogP contribution is 2.32. The first-order chi connectivity index (χ1) is 10.6. The molecule has 0 radical (unpaired) electrons. The molecule has 1 aromatic carbocycles. The van der Waals surface area contributed by atoms with E-state index in [0.29, 0.717) is 6.54 Å². The molecule has 0 unspecified atom stereocenters. The van der Waals surface area contributed by atoms with Crippen LogP contribution in [0.25, 0.3) is 0 Å². The summed E-state index contributed by atoms with van der Waals surface area (Å²) in [5.41, 5.74) is 0.917. The predicted octanol–water partition coefficient (Wildman–Crippen LogP) is 1.89. The highest BCUT2D eigenvalue weighted by Gasteiger charge is 2.42. The number of rotatable bonds is 5. The molecule has 0 aromatic heterocycles. The Bertz CT molecular complexity index is 516. The van der Waals surface area contributed by atoms with E-state index in [-0.39, 0.29) is 30.5 Å². The van der Waals surface area contributed by atoms with Crippen molar-refractivity contribution < 1.29 is 14.3 Å². The van der Waals surface area contributed by atoms with E-state index < -0.39 is 6.10 Å². The van der Waals surface area contributed by atoms with E-state index in [0.717, 1.165) is 12.0 Å². The largest absolute Gasteiger partial charge is 0.356 e. The molecule has 0 saturated carbocycles.